The predicted molar refractivity (Wildman–Crippen MR) is 149 cm³/mol. The molecule has 1 aliphatic rings. The smallest absolute Gasteiger partial charge is 0.337 e. The largest absolute Gasteiger partial charge is 0.465 e. The second kappa shape index (κ2) is 10.7. The molecule has 4 unspecified atom stereocenters. The Hall–Kier alpha value is -4.18. The van der Waals surface area contributed by atoms with Crippen molar-refractivity contribution < 1.29 is 19.1 Å². The molecular weight excluding hydrogens is 472 g/mol. The zero-order valence-corrected chi connectivity index (χ0v) is 22.2. The van der Waals surface area contributed by atoms with Crippen molar-refractivity contribution in [2.45, 2.75) is 37.5 Å². The number of carbonyl (C=O) groups excluding carboxylic acids is 2. The standard InChI is InChI=1S/C34H32O4/c1-21-5-9-23(10-6-21)29-30(24-11-7-22(2)8-12-24)32(26-15-19-28(20-16-26)34(36)38-4)31(29)25-13-17-27(18-14-25)33(35)37-3/h5-20,29-32H,1-4H3. The van der Waals surface area contributed by atoms with Crippen LogP contribution in [-0.2, 0) is 9.47 Å². The molecule has 192 valence electrons. The maximum atomic E-state index is 12.1. The van der Waals surface area contributed by atoms with E-state index in [1.807, 2.05) is 24.3 Å². The van der Waals surface area contributed by atoms with E-state index in [1.54, 1.807) is 0 Å². The molecular formula is C34H32O4. The van der Waals surface area contributed by atoms with Gasteiger partial charge in [-0.1, -0.05) is 83.9 Å². The molecule has 4 nitrogen and oxygen atoms in total. The molecule has 4 aromatic carbocycles. The second-order valence-corrected chi connectivity index (χ2v) is 10.2. The van der Waals surface area contributed by atoms with E-state index in [0.717, 1.165) is 0 Å². The van der Waals surface area contributed by atoms with Gasteiger partial charge >= 0.3 is 11.9 Å². The summed E-state index contributed by atoms with van der Waals surface area (Å²) >= 11 is 0. The lowest BCUT2D eigenvalue weighted by atomic mass is 9.49. The lowest BCUT2D eigenvalue weighted by Gasteiger charge is -2.54. The van der Waals surface area contributed by atoms with Crippen molar-refractivity contribution in [1.29, 1.82) is 0 Å². The van der Waals surface area contributed by atoms with Gasteiger partial charge in [0.15, 0.2) is 0 Å². The minimum atomic E-state index is -0.340. The second-order valence-electron chi connectivity index (χ2n) is 10.2. The first kappa shape index (κ1) is 25.5. The van der Waals surface area contributed by atoms with Crippen molar-refractivity contribution >= 4 is 11.9 Å². The highest BCUT2D eigenvalue weighted by Crippen LogP contribution is 2.66. The molecule has 1 aliphatic carbocycles. The van der Waals surface area contributed by atoms with Gasteiger partial charge in [0.25, 0.3) is 0 Å². The zero-order chi connectivity index (χ0) is 26.8. The molecule has 5 rings (SSSR count). The van der Waals surface area contributed by atoms with E-state index in [-0.39, 0.29) is 35.6 Å². The van der Waals surface area contributed by atoms with Crippen LogP contribution in [-0.4, -0.2) is 26.2 Å². The minimum Gasteiger partial charge on any atom is -0.465 e. The van der Waals surface area contributed by atoms with Crippen LogP contribution in [0.15, 0.2) is 97.1 Å². The van der Waals surface area contributed by atoms with Gasteiger partial charge in [0.2, 0.25) is 0 Å². The number of hydrogen-bond acceptors (Lipinski definition) is 4. The summed E-state index contributed by atoms with van der Waals surface area (Å²) in [4.78, 5) is 24.2. The highest BCUT2D eigenvalue weighted by atomic mass is 16.5. The molecule has 0 bridgehead atoms. The van der Waals surface area contributed by atoms with E-state index in [9.17, 15) is 9.59 Å². The van der Waals surface area contributed by atoms with Gasteiger partial charge in [-0.3, -0.25) is 0 Å². The summed E-state index contributed by atoms with van der Waals surface area (Å²) in [5.41, 5.74) is 8.48. The van der Waals surface area contributed by atoms with Crippen LogP contribution in [0.3, 0.4) is 0 Å². The first-order valence-corrected chi connectivity index (χ1v) is 12.9. The minimum absolute atomic E-state index is 0.180. The number of rotatable bonds is 6. The van der Waals surface area contributed by atoms with Gasteiger partial charge in [-0.2, -0.15) is 0 Å². The summed E-state index contributed by atoms with van der Waals surface area (Å²) in [5.74, 6) is 0.167. The van der Waals surface area contributed by atoms with Crippen molar-refractivity contribution in [3.05, 3.63) is 142 Å². The van der Waals surface area contributed by atoms with Crippen LogP contribution in [0.2, 0.25) is 0 Å². The van der Waals surface area contributed by atoms with Crippen LogP contribution in [0.4, 0.5) is 0 Å². The Morgan fingerprint density at radius 2 is 0.684 bits per heavy atom. The Labute approximate surface area is 224 Å². The van der Waals surface area contributed by atoms with E-state index in [0.29, 0.717) is 11.1 Å². The van der Waals surface area contributed by atoms with Gasteiger partial charge in [-0.05, 0) is 84.0 Å². The third kappa shape index (κ3) is 4.74. The lowest BCUT2D eigenvalue weighted by Crippen LogP contribution is -2.40. The number of esters is 2. The molecule has 4 heteroatoms. The van der Waals surface area contributed by atoms with Gasteiger partial charge in [-0.25, -0.2) is 9.59 Å². The molecule has 1 saturated carbocycles. The molecule has 0 spiro atoms. The Morgan fingerprint density at radius 3 is 0.921 bits per heavy atom. The van der Waals surface area contributed by atoms with Crippen LogP contribution in [0.5, 0.6) is 0 Å². The molecule has 0 N–H and O–H groups in total. The number of benzene rings is 4. The fourth-order valence-corrected chi connectivity index (χ4v) is 5.90. The number of aryl methyl sites for hydroxylation is 2. The normalized spacial score (nSPS) is 20.3. The molecule has 0 aromatic heterocycles. The summed E-state index contributed by atoms with van der Waals surface area (Å²) in [7, 11) is 2.80. The summed E-state index contributed by atoms with van der Waals surface area (Å²) in [6.45, 7) is 4.22. The molecule has 0 heterocycles. The molecule has 4 aromatic rings. The fourth-order valence-electron chi connectivity index (χ4n) is 5.90. The maximum Gasteiger partial charge on any atom is 0.337 e. The molecule has 38 heavy (non-hydrogen) atoms. The van der Waals surface area contributed by atoms with E-state index < -0.39 is 0 Å². The zero-order valence-electron chi connectivity index (χ0n) is 22.2. The Kier molecular flexibility index (Phi) is 7.15. The third-order valence-corrected chi connectivity index (χ3v) is 7.91. The van der Waals surface area contributed by atoms with E-state index in [1.165, 1.54) is 47.6 Å². The van der Waals surface area contributed by atoms with Gasteiger partial charge in [0, 0.05) is 0 Å². The van der Waals surface area contributed by atoms with Gasteiger partial charge in [0.05, 0.1) is 25.3 Å². The molecule has 0 aliphatic heterocycles. The summed E-state index contributed by atoms with van der Waals surface area (Å²) in [5, 5.41) is 0. The summed E-state index contributed by atoms with van der Waals surface area (Å²) in [6, 6.07) is 33.3. The first-order chi connectivity index (χ1) is 18.4. The van der Waals surface area contributed by atoms with Crippen molar-refractivity contribution in [3.8, 4) is 0 Å². The van der Waals surface area contributed by atoms with E-state index in [4.69, 9.17) is 9.47 Å². The SMILES string of the molecule is COC(=O)c1ccc(C2C(c3ccc(C)cc3)C(c3ccc(C)cc3)C2c2ccc(C(=O)OC)cc2)cc1. The highest BCUT2D eigenvalue weighted by molar-refractivity contribution is 5.89. The number of hydrogen-bond donors (Lipinski definition) is 0. The van der Waals surface area contributed by atoms with Gasteiger partial charge < -0.3 is 9.47 Å². The third-order valence-electron chi connectivity index (χ3n) is 7.91. The van der Waals surface area contributed by atoms with Crippen LogP contribution in [0, 0.1) is 13.8 Å². The highest BCUT2D eigenvalue weighted by Gasteiger charge is 2.52. The average molecular weight is 505 g/mol. The van der Waals surface area contributed by atoms with Crippen LogP contribution in [0.25, 0.3) is 0 Å². The van der Waals surface area contributed by atoms with E-state index >= 15 is 0 Å². The number of methoxy groups -OCH3 is 2. The van der Waals surface area contributed by atoms with Crippen molar-refractivity contribution in [3.63, 3.8) is 0 Å². The summed E-state index contributed by atoms with van der Waals surface area (Å²) in [6.07, 6.45) is 0. The van der Waals surface area contributed by atoms with Crippen LogP contribution < -0.4 is 0 Å². The van der Waals surface area contributed by atoms with Crippen LogP contribution >= 0.6 is 0 Å². The maximum absolute atomic E-state index is 12.1. The van der Waals surface area contributed by atoms with E-state index in [2.05, 4.69) is 86.6 Å². The Morgan fingerprint density at radius 1 is 0.447 bits per heavy atom. The van der Waals surface area contributed by atoms with Gasteiger partial charge in [-0.15, -0.1) is 0 Å². The van der Waals surface area contributed by atoms with Crippen LogP contribution in [0.1, 0.15) is 77.8 Å². The topological polar surface area (TPSA) is 52.6 Å². The van der Waals surface area contributed by atoms with Gasteiger partial charge in [0.1, 0.15) is 0 Å². The molecule has 4 atom stereocenters. The summed E-state index contributed by atoms with van der Waals surface area (Å²) < 4.78 is 9.83. The Bertz CT molecular complexity index is 1310. The van der Waals surface area contributed by atoms with Crippen molar-refractivity contribution in [2.75, 3.05) is 14.2 Å². The molecule has 0 saturated heterocycles. The monoisotopic (exact) mass is 504 g/mol. The molecule has 1 fully saturated rings. The van der Waals surface area contributed by atoms with Crippen molar-refractivity contribution in [2.24, 2.45) is 0 Å². The number of carbonyl (C=O) groups is 2. The predicted octanol–water partition coefficient (Wildman–Crippen LogP) is 7.33. The first-order valence-electron chi connectivity index (χ1n) is 12.9. The Balaban J connectivity index is 1.64. The quantitative estimate of drug-likeness (QED) is 0.258. The molecule has 0 amide bonds. The molecule has 0 radical (unpaired) electrons. The fraction of sp³-hybridized carbons (Fsp3) is 0.235. The number of ether oxygens (including phenoxy) is 2. The van der Waals surface area contributed by atoms with Crippen molar-refractivity contribution in [1.82, 2.24) is 0 Å². The lowest BCUT2D eigenvalue weighted by molar-refractivity contribution is 0.0591. The average Bonchev–Trinajstić information content (AvgIpc) is 2.94.